The van der Waals surface area contributed by atoms with Gasteiger partial charge < -0.3 is 14.8 Å². The first-order valence-corrected chi connectivity index (χ1v) is 8.65. The van der Waals surface area contributed by atoms with E-state index >= 15 is 0 Å². The van der Waals surface area contributed by atoms with Gasteiger partial charge in [-0.15, -0.1) is 0 Å². The van der Waals surface area contributed by atoms with Gasteiger partial charge in [-0.25, -0.2) is 4.79 Å². The molecule has 2 aromatic rings. The van der Waals surface area contributed by atoms with Gasteiger partial charge in [-0.05, 0) is 48.5 Å². The molecule has 2 amide bonds. The highest BCUT2D eigenvalue weighted by atomic mass is 35.5. The summed E-state index contributed by atoms with van der Waals surface area (Å²) in [4.78, 5) is 25.4. The smallest absolute Gasteiger partial charge is 0.414 e. The van der Waals surface area contributed by atoms with Crippen LogP contribution < -0.4 is 15.0 Å². The summed E-state index contributed by atoms with van der Waals surface area (Å²) in [5.74, 6) is 0.242. The van der Waals surface area contributed by atoms with E-state index in [2.05, 4.69) is 5.32 Å². The van der Waals surface area contributed by atoms with Gasteiger partial charge in [-0.1, -0.05) is 23.2 Å². The molecule has 26 heavy (non-hydrogen) atoms. The minimum Gasteiger partial charge on any atom is -0.484 e. The molecule has 3 rings (SSSR count). The Kier molecular flexibility index (Phi) is 5.85. The van der Waals surface area contributed by atoms with E-state index in [1.165, 1.54) is 4.90 Å². The maximum Gasteiger partial charge on any atom is 0.414 e. The summed E-state index contributed by atoms with van der Waals surface area (Å²) in [6, 6.07) is 13.6. The molecule has 1 atom stereocenters. The van der Waals surface area contributed by atoms with Gasteiger partial charge >= 0.3 is 6.09 Å². The third-order valence-corrected chi connectivity index (χ3v) is 4.23. The lowest BCUT2D eigenvalue weighted by molar-refractivity contribution is -0.123. The van der Waals surface area contributed by atoms with Crippen molar-refractivity contribution in [2.45, 2.75) is 6.10 Å². The van der Waals surface area contributed by atoms with Gasteiger partial charge in [0.15, 0.2) is 6.61 Å². The maximum atomic E-state index is 12.0. The van der Waals surface area contributed by atoms with Crippen molar-refractivity contribution in [2.24, 2.45) is 0 Å². The van der Waals surface area contributed by atoms with Crippen LogP contribution in [0.2, 0.25) is 10.0 Å². The monoisotopic (exact) mass is 394 g/mol. The van der Waals surface area contributed by atoms with Crippen LogP contribution in [0.3, 0.4) is 0 Å². The average Bonchev–Trinajstić information content (AvgIpc) is 3.01. The number of rotatable bonds is 6. The number of cyclic esters (lactones) is 1. The number of ether oxygens (including phenoxy) is 2. The molecule has 0 saturated carbocycles. The number of nitrogens with one attached hydrogen (secondary N) is 1. The number of hydrogen-bond donors (Lipinski definition) is 1. The van der Waals surface area contributed by atoms with Crippen molar-refractivity contribution in [3.8, 4) is 5.75 Å². The van der Waals surface area contributed by atoms with E-state index in [1.54, 1.807) is 48.5 Å². The van der Waals surface area contributed by atoms with Crippen LogP contribution in [-0.2, 0) is 9.53 Å². The van der Waals surface area contributed by atoms with Crippen LogP contribution in [0.1, 0.15) is 0 Å². The number of halogens is 2. The fourth-order valence-electron chi connectivity index (χ4n) is 2.42. The van der Waals surface area contributed by atoms with E-state index in [0.717, 1.165) is 0 Å². The number of amides is 2. The van der Waals surface area contributed by atoms with Crippen molar-refractivity contribution in [3.63, 3.8) is 0 Å². The molecule has 0 aromatic heterocycles. The summed E-state index contributed by atoms with van der Waals surface area (Å²) >= 11 is 11.6. The number of anilines is 1. The van der Waals surface area contributed by atoms with Crippen molar-refractivity contribution < 1.29 is 19.1 Å². The molecule has 6 nitrogen and oxygen atoms in total. The summed E-state index contributed by atoms with van der Waals surface area (Å²) in [6.07, 6.45) is -0.887. The quantitative estimate of drug-likeness (QED) is 0.813. The van der Waals surface area contributed by atoms with Crippen LogP contribution in [0.15, 0.2) is 48.5 Å². The fourth-order valence-corrected chi connectivity index (χ4v) is 2.67. The number of benzene rings is 2. The van der Waals surface area contributed by atoms with Crippen LogP contribution in [0.5, 0.6) is 5.75 Å². The first-order chi connectivity index (χ1) is 12.5. The fraction of sp³-hybridized carbons (Fsp3) is 0.222. The molecule has 1 N–H and O–H groups in total. The van der Waals surface area contributed by atoms with Gasteiger partial charge in [-0.2, -0.15) is 0 Å². The number of hydrogen-bond acceptors (Lipinski definition) is 4. The highest BCUT2D eigenvalue weighted by molar-refractivity contribution is 6.30. The largest absolute Gasteiger partial charge is 0.484 e. The average molecular weight is 395 g/mol. The third-order valence-electron chi connectivity index (χ3n) is 3.72. The molecule has 0 bridgehead atoms. The number of nitrogens with zero attached hydrogens (tertiary/aromatic N) is 1. The predicted molar refractivity (Wildman–Crippen MR) is 99.0 cm³/mol. The zero-order chi connectivity index (χ0) is 18.5. The van der Waals surface area contributed by atoms with Crippen LogP contribution in [0.25, 0.3) is 0 Å². The Balaban J connectivity index is 1.44. The zero-order valence-corrected chi connectivity index (χ0v) is 15.2. The first kappa shape index (κ1) is 18.4. The SMILES string of the molecule is O=C(COc1ccc(Cl)cc1)NCC1CN(c2ccc(Cl)cc2)C(=O)O1. The Morgan fingerprint density at radius 1 is 1.12 bits per heavy atom. The van der Waals surface area contributed by atoms with E-state index in [-0.39, 0.29) is 19.1 Å². The lowest BCUT2D eigenvalue weighted by atomic mass is 10.2. The summed E-state index contributed by atoms with van der Waals surface area (Å²) in [7, 11) is 0. The van der Waals surface area contributed by atoms with Crippen LogP contribution in [0.4, 0.5) is 10.5 Å². The predicted octanol–water partition coefficient (Wildman–Crippen LogP) is 3.51. The standard InChI is InChI=1S/C18H16Cl2N2O4/c19-12-1-5-14(6-2-12)22-10-16(26-18(22)24)9-21-17(23)11-25-15-7-3-13(20)4-8-15/h1-8,16H,9-11H2,(H,21,23). The third kappa shape index (κ3) is 4.80. The molecule has 2 aromatic carbocycles. The highest BCUT2D eigenvalue weighted by Gasteiger charge is 2.32. The molecule has 1 heterocycles. The molecule has 0 aliphatic carbocycles. The summed E-state index contributed by atoms with van der Waals surface area (Å²) in [5, 5.41) is 3.87. The van der Waals surface area contributed by atoms with Crippen molar-refractivity contribution in [1.82, 2.24) is 5.32 Å². The lowest BCUT2D eigenvalue weighted by Gasteiger charge is -2.13. The molecule has 136 valence electrons. The molecule has 1 saturated heterocycles. The minimum atomic E-state index is -0.455. The highest BCUT2D eigenvalue weighted by Crippen LogP contribution is 2.23. The Labute approximate surface area is 160 Å². The van der Waals surface area contributed by atoms with Gasteiger partial charge in [0.25, 0.3) is 5.91 Å². The Morgan fingerprint density at radius 3 is 2.38 bits per heavy atom. The number of carbonyl (C=O) groups excluding carboxylic acids is 2. The molecule has 0 spiro atoms. The topological polar surface area (TPSA) is 67.9 Å². The zero-order valence-electron chi connectivity index (χ0n) is 13.7. The Bertz CT molecular complexity index is 781. The van der Waals surface area contributed by atoms with Crippen molar-refractivity contribution in [1.29, 1.82) is 0 Å². The van der Waals surface area contributed by atoms with Crippen molar-refractivity contribution in [3.05, 3.63) is 58.6 Å². The molecule has 1 aliphatic heterocycles. The molecule has 1 aliphatic rings. The van der Waals surface area contributed by atoms with Crippen LogP contribution in [0, 0.1) is 0 Å². The Morgan fingerprint density at radius 2 is 1.73 bits per heavy atom. The lowest BCUT2D eigenvalue weighted by Crippen LogP contribution is -2.37. The summed E-state index contributed by atoms with van der Waals surface area (Å²) < 4.78 is 10.6. The van der Waals surface area contributed by atoms with Crippen LogP contribution >= 0.6 is 23.2 Å². The van der Waals surface area contributed by atoms with Gasteiger partial charge in [0.05, 0.1) is 13.1 Å². The second kappa shape index (κ2) is 8.29. The van der Waals surface area contributed by atoms with E-state index in [0.29, 0.717) is 28.0 Å². The van der Waals surface area contributed by atoms with Crippen molar-refractivity contribution in [2.75, 3.05) is 24.6 Å². The Hall–Kier alpha value is -2.44. The summed E-state index contributed by atoms with van der Waals surface area (Å²) in [6.45, 7) is 0.417. The maximum absolute atomic E-state index is 12.0. The molecule has 1 unspecified atom stereocenters. The normalized spacial score (nSPS) is 16.3. The summed E-state index contributed by atoms with van der Waals surface area (Å²) in [5.41, 5.74) is 0.694. The van der Waals surface area contributed by atoms with Crippen LogP contribution in [-0.4, -0.2) is 37.8 Å². The van der Waals surface area contributed by atoms with Gasteiger partial charge in [0.2, 0.25) is 0 Å². The minimum absolute atomic E-state index is 0.136. The second-order valence-electron chi connectivity index (χ2n) is 5.64. The van der Waals surface area contributed by atoms with Gasteiger partial charge in [-0.3, -0.25) is 9.69 Å². The molecular formula is C18H16Cl2N2O4. The van der Waals surface area contributed by atoms with Gasteiger partial charge in [0, 0.05) is 15.7 Å². The first-order valence-electron chi connectivity index (χ1n) is 7.90. The molecular weight excluding hydrogens is 379 g/mol. The molecule has 1 fully saturated rings. The van der Waals surface area contributed by atoms with Gasteiger partial charge in [0.1, 0.15) is 11.9 Å². The number of carbonyl (C=O) groups is 2. The van der Waals surface area contributed by atoms with Crippen molar-refractivity contribution >= 4 is 40.9 Å². The molecule has 0 radical (unpaired) electrons. The second-order valence-corrected chi connectivity index (χ2v) is 6.51. The van der Waals surface area contributed by atoms with E-state index in [1.807, 2.05) is 0 Å². The molecule has 8 heteroatoms. The van der Waals surface area contributed by atoms with E-state index in [4.69, 9.17) is 32.7 Å². The van der Waals surface area contributed by atoms with E-state index < -0.39 is 12.2 Å². The van der Waals surface area contributed by atoms with E-state index in [9.17, 15) is 9.59 Å².